The highest BCUT2D eigenvalue weighted by Gasteiger charge is 2.06. The van der Waals surface area contributed by atoms with Crippen molar-refractivity contribution in [2.24, 2.45) is 0 Å². The topological polar surface area (TPSA) is 67.8 Å². The van der Waals surface area contributed by atoms with Crippen LogP contribution in [0.2, 0.25) is 0 Å². The Kier molecular flexibility index (Phi) is 3.21. The molecule has 2 aromatic heterocycles. The standard InChI is InChI=1S/C10H10N4OS/c1-7-13-14-9(16-7)6-12-10(15)8-2-4-11-5-3-8/h2-5H,6H2,1H3,(H,12,15). The maximum atomic E-state index is 11.6. The van der Waals surface area contributed by atoms with E-state index in [-0.39, 0.29) is 5.91 Å². The van der Waals surface area contributed by atoms with Crippen molar-refractivity contribution in [3.63, 3.8) is 0 Å². The second-order valence-corrected chi connectivity index (χ2v) is 4.40. The van der Waals surface area contributed by atoms with Crippen LogP contribution >= 0.6 is 11.3 Å². The Morgan fingerprint density at radius 2 is 2.12 bits per heavy atom. The van der Waals surface area contributed by atoms with Gasteiger partial charge in [-0.25, -0.2) is 0 Å². The molecule has 82 valence electrons. The summed E-state index contributed by atoms with van der Waals surface area (Å²) in [7, 11) is 0. The van der Waals surface area contributed by atoms with Crippen LogP contribution in [0.15, 0.2) is 24.5 Å². The van der Waals surface area contributed by atoms with Crippen molar-refractivity contribution in [1.82, 2.24) is 20.5 Å². The van der Waals surface area contributed by atoms with E-state index in [2.05, 4.69) is 20.5 Å². The number of amides is 1. The van der Waals surface area contributed by atoms with E-state index >= 15 is 0 Å². The third-order valence-electron chi connectivity index (χ3n) is 1.91. The van der Waals surface area contributed by atoms with Crippen molar-refractivity contribution in [3.8, 4) is 0 Å². The number of rotatable bonds is 3. The Hall–Kier alpha value is -1.82. The first-order chi connectivity index (χ1) is 7.75. The van der Waals surface area contributed by atoms with Crippen LogP contribution in [0.5, 0.6) is 0 Å². The van der Waals surface area contributed by atoms with Crippen molar-refractivity contribution < 1.29 is 4.79 Å². The van der Waals surface area contributed by atoms with Gasteiger partial charge in [0.25, 0.3) is 5.91 Å². The third kappa shape index (κ3) is 2.60. The number of carbonyl (C=O) groups excluding carboxylic acids is 1. The molecule has 0 aliphatic carbocycles. The van der Waals surface area contributed by atoms with Gasteiger partial charge >= 0.3 is 0 Å². The van der Waals surface area contributed by atoms with E-state index in [0.717, 1.165) is 10.0 Å². The molecule has 6 heteroatoms. The number of aryl methyl sites for hydroxylation is 1. The molecule has 5 nitrogen and oxygen atoms in total. The van der Waals surface area contributed by atoms with Gasteiger partial charge in [-0.15, -0.1) is 10.2 Å². The lowest BCUT2D eigenvalue weighted by molar-refractivity contribution is 0.0950. The molecule has 0 spiro atoms. The van der Waals surface area contributed by atoms with Gasteiger partial charge in [0.2, 0.25) is 0 Å². The lowest BCUT2D eigenvalue weighted by atomic mass is 10.2. The Balaban J connectivity index is 1.94. The van der Waals surface area contributed by atoms with Gasteiger partial charge in [0.15, 0.2) is 0 Å². The quantitative estimate of drug-likeness (QED) is 0.865. The van der Waals surface area contributed by atoms with E-state index in [9.17, 15) is 4.79 Å². The number of carbonyl (C=O) groups is 1. The SMILES string of the molecule is Cc1nnc(CNC(=O)c2ccncc2)s1. The fraction of sp³-hybridized carbons (Fsp3) is 0.200. The van der Waals surface area contributed by atoms with Crippen LogP contribution in [0, 0.1) is 6.92 Å². The highest BCUT2D eigenvalue weighted by atomic mass is 32.1. The highest BCUT2D eigenvalue weighted by molar-refractivity contribution is 7.11. The zero-order valence-corrected chi connectivity index (χ0v) is 9.49. The molecule has 0 saturated heterocycles. The predicted octanol–water partition coefficient (Wildman–Crippen LogP) is 1.17. The van der Waals surface area contributed by atoms with Crippen LogP contribution < -0.4 is 5.32 Å². The van der Waals surface area contributed by atoms with Gasteiger partial charge in [0.05, 0.1) is 6.54 Å². The molecule has 2 aromatic rings. The maximum absolute atomic E-state index is 11.6. The molecule has 0 fully saturated rings. The van der Waals surface area contributed by atoms with Gasteiger partial charge in [-0.1, -0.05) is 11.3 Å². The van der Waals surface area contributed by atoms with Crippen molar-refractivity contribution in [3.05, 3.63) is 40.1 Å². The summed E-state index contributed by atoms with van der Waals surface area (Å²) in [5.41, 5.74) is 0.594. The van der Waals surface area contributed by atoms with E-state index in [1.807, 2.05) is 6.92 Å². The van der Waals surface area contributed by atoms with E-state index in [1.54, 1.807) is 24.5 Å². The third-order valence-corrected chi connectivity index (χ3v) is 2.75. The van der Waals surface area contributed by atoms with Crippen LogP contribution in [-0.4, -0.2) is 21.1 Å². The van der Waals surface area contributed by atoms with Crippen LogP contribution in [0.25, 0.3) is 0 Å². The molecule has 0 bridgehead atoms. The molecule has 2 heterocycles. The highest BCUT2D eigenvalue weighted by Crippen LogP contribution is 2.07. The summed E-state index contributed by atoms with van der Waals surface area (Å²) >= 11 is 1.48. The summed E-state index contributed by atoms with van der Waals surface area (Å²) in [6.45, 7) is 2.29. The summed E-state index contributed by atoms with van der Waals surface area (Å²) in [5, 5.41) is 12.3. The fourth-order valence-corrected chi connectivity index (χ4v) is 1.82. The zero-order valence-electron chi connectivity index (χ0n) is 8.67. The Labute approximate surface area is 96.6 Å². The van der Waals surface area contributed by atoms with Gasteiger partial charge in [0.1, 0.15) is 10.0 Å². The second-order valence-electron chi connectivity index (χ2n) is 3.13. The molecule has 0 radical (unpaired) electrons. The summed E-state index contributed by atoms with van der Waals surface area (Å²) in [6, 6.07) is 3.33. The van der Waals surface area contributed by atoms with Crippen LogP contribution in [-0.2, 0) is 6.54 Å². The Morgan fingerprint density at radius 1 is 1.38 bits per heavy atom. The molecule has 1 N–H and O–H groups in total. The summed E-state index contributed by atoms with van der Waals surface area (Å²) < 4.78 is 0. The summed E-state index contributed by atoms with van der Waals surface area (Å²) in [4.78, 5) is 15.5. The van der Waals surface area contributed by atoms with Crippen molar-refractivity contribution in [1.29, 1.82) is 0 Å². The molecule has 0 aliphatic rings. The van der Waals surface area contributed by atoms with Crippen LogP contribution in [0.3, 0.4) is 0 Å². The smallest absolute Gasteiger partial charge is 0.251 e. The van der Waals surface area contributed by atoms with Gasteiger partial charge in [-0.05, 0) is 19.1 Å². The van der Waals surface area contributed by atoms with Crippen molar-refractivity contribution in [2.45, 2.75) is 13.5 Å². The van der Waals surface area contributed by atoms with Crippen molar-refractivity contribution >= 4 is 17.2 Å². The van der Waals surface area contributed by atoms with Gasteiger partial charge in [0, 0.05) is 18.0 Å². The number of aromatic nitrogens is 3. The molecule has 0 aliphatic heterocycles. The molecule has 0 saturated carbocycles. The first-order valence-electron chi connectivity index (χ1n) is 4.73. The maximum Gasteiger partial charge on any atom is 0.251 e. The molecule has 0 aromatic carbocycles. The number of pyridine rings is 1. The summed E-state index contributed by atoms with van der Waals surface area (Å²) in [6.07, 6.45) is 3.17. The monoisotopic (exact) mass is 234 g/mol. The van der Waals surface area contributed by atoms with E-state index in [0.29, 0.717) is 12.1 Å². The van der Waals surface area contributed by atoms with Crippen molar-refractivity contribution in [2.75, 3.05) is 0 Å². The average molecular weight is 234 g/mol. The first kappa shape index (κ1) is 10.7. The molecule has 0 unspecified atom stereocenters. The minimum Gasteiger partial charge on any atom is -0.345 e. The minimum absolute atomic E-state index is 0.129. The molecular formula is C10H10N4OS. The average Bonchev–Trinajstić information content (AvgIpc) is 2.73. The lowest BCUT2D eigenvalue weighted by Gasteiger charge is -2.01. The zero-order chi connectivity index (χ0) is 11.4. The molecule has 16 heavy (non-hydrogen) atoms. The second kappa shape index (κ2) is 4.80. The predicted molar refractivity (Wildman–Crippen MR) is 60.1 cm³/mol. The number of hydrogen-bond donors (Lipinski definition) is 1. The normalized spacial score (nSPS) is 10.1. The van der Waals surface area contributed by atoms with E-state index in [1.165, 1.54) is 11.3 Å². The largest absolute Gasteiger partial charge is 0.345 e. The van der Waals surface area contributed by atoms with Crippen LogP contribution in [0.1, 0.15) is 20.4 Å². The van der Waals surface area contributed by atoms with Crippen LogP contribution in [0.4, 0.5) is 0 Å². The number of hydrogen-bond acceptors (Lipinski definition) is 5. The fourth-order valence-electron chi connectivity index (χ4n) is 1.17. The number of nitrogens with zero attached hydrogens (tertiary/aromatic N) is 3. The Bertz CT molecular complexity index is 483. The molecule has 1 amide bonds. The van der Waals surface area contributed by atoms with E-state index in [4.69, 9.17) is 0 Å². The minimum atomic E-state index is -0.129. The molecular weight excluding hydrogens is 224 g/mol. The van der Waals surface area contributed by atoms with Gasteiger partial charge in [-0.3, -0.25) is 9.78 Å². The van der Waals surface area contributed by atoms with Gasteiger partial charge < -0.3 is 5.32 Å². The molecule has 0 atom stereocenters. The number of nitrogens with one attached hydrogen (secondary N) is 1. The van der Waals surface area contributed by atoms with E-state index < -0.39 is 0 Å². The summed E-state index contributed by atoms with van der Waals surface area (Å²) in [5.74, 6) is -0.129. The lowest BCUT2D eigenvalue weighted by Crippen LogP contribution is -2.22. The Morgan fingerprint density at radius 3 is 2.75 bits per heavy atom. The first-order valence-corrected chi connectivity index (χ1v) is 5.54. The van der Waals surface area contributed by atoms with Gasteiger partial charge in [-0.2, -0.15) is 0 Å². The molecule has 2 rings (SSSR count).